The zero-order valence-corrected chi connectivity index (χ0v) is 15.2. The molecule has 0 saturated heterocycles. The zero-order valence-electron chi connectivity index (χ0n) is 14.3. The molecule has 0 bridgehead atoms. The van der Waals surface area contributed by atoms with Crippen LogP contribution in [0.4, 0.5) is 5.69 Å². The number of benzene rings is 3. The SMILES string of the molecule is O=C(O)C(CS)Nc1c(Cc2ccccc2)cccc1-c1ccccc1. The molecule has 0 spiro atoms. The smallest absolute Gasteiger partial charge is 0.326 e. The number of carboxylic acid groups (broad SMARTS) is 1. The van der Waals surface area contributed by atoms with Crippen molar-refractivity contribution in [1.29, 1.82) is 0 Å². The molecule has 3 nitrogen and oxygen atoms in total. The third-order valence-corrected chi connectivity index (χ3v) is 4.64. The van der Waals surface area contributed by atoms with Crippen LogP contribution in [0, 0.1) is 0 Å². The molecule has 3 rings (SSSR count). The van der Waals surface area contributed by atoms with Crippen LogP contribution in [0.3, 0.4) is 0 Å². The van der Waals surface area contributed by atoms with Gasteiger partial charge in [0, 0.05) is 17.0 Å². The van der Waals surface area contributed by atoms with Crippen molar-refractivity contribution in [1.82, 2.24) is 0 Å². The van der Waals surface area contributed by atoms with Crippen LogP contribution in [-0.2, 0) is 11.2 Å². The summed E-state index contributed by atoms with van der Waals surface area (Å²) in [4.78, 5) is 11.5. The number of hydrogen-bond donors (Lipinski definition) is 3. The van der Waals surface area contributed by atoms with Gasteiger partial charge in [-0.05, 0) is 23.1 Å². The molecule has 4 heteroatoms. The molecule has 0 radical (unpaired) electrons. The number of anilines is 1. The van der Waals surface area contributed by atoms with Gasteiger partial charge in [0.2, 0.25) is 0 Å². The molecule has 0 aliphatic rings. The predicted molar refractivity (Wildman–Crippen MR) is 110 cm³/mol. The Morgan fingerprint density at radius 1 is 0.923 bits per heavy atom. The van der Waals surface area contributed by atoms with Gasteiger partial charge in [0.05, 0.1) is 0 Å². The van der Waals surface area contributed by atoms with Crippen molar-refractivity contribution in [2.75, 3.05) is 11.1 Å². The number of nitrogens with one attached hydrogen (secondary N) is 1. The van der Waals surface area contributed by atoms with Crippen LogP contribution in [0.5, 0.6) is 0 Å². The number of rotatable bonds is 7. The second-order valence-corrected chi connectivity index (χ2v) is 6.45. The van der Waals surface area contributed by atoms with Crippen LogP contribution < -0.4 is 5.32 Å². The molecule has 26 heavy (non-hydrogen) atoms. The van der Waals surface area contributed by atoms with Gasteiger partial charge in [0.15, 0.2) is 0 Å². The highest BCUT2D eigenvalue weighted by molar-refractivity contribution is 7.80. The lowest BCUT2D eigenvalue weighted by Gasteiger charge is -2.21. The first-order valence-electron chi connectivity index (χ1n) is 8.50. The second kappa shape index (κ2) is 8.59. The van der Waals surface area contributed by atoms with E-state index in [9.17, 15) is 9.90 Å². The zero-order chi connectivity index (χ0) is 18.4. The van der Waals surface area contributed by atoms with E-state index in [4.69, 9.17) is 0 Å². The summed E-state index contributed by atoms with van der Waals surface area (Å²) < 4.78 is 0. The molecule has 0 aromatic heterocycles. The van der Waals surface area contributed by atoms with Gasteiger partial charge in [-0.25, -0.2) is 4.79 Å². The molecule has 0 heterocycles. The lowest BCUT2D eigenvalue weighted by Crippen LogP contribution is -2.31. The fraction of sp³-hybridized carbons (Fsp3) is 0.136. The van der Waals surface area contributed by atoms with Gasteiger partial charge < -0.3 is 10.4 Å². The van der Waals surface area contributed by atoms with Crippen molar-refractivity contribution in [3.05, 3.63) is 90.0 Å². The maximum absolute atomic E-state index is 11.5. The standard InChI is InChI=1S/C22H21NO2S/c24-22(25)20(15-26)23-21-18(14-16-8-3-1-4-9-16)12-7-13-19(21)17-10-5-2-6-11-17/h1-13,20,23,26H,14-15H2,(H,24,25). The van der Waals surface area contributed by atoms with Crippen molar-refractivity contribution < 1.29 is 9.90 Å². The van der Waals surface area contributed by atoms with Crippen molar-refractivity contribution in [2.24, 2.45) is 0 Å². The maximum atomic E-state index is 11.5. The average molecular weight is 363 g/mol. The first-order chi connectivity index (χ1) is 12.7. The first kappa shape index (κ1) is 18.1. The molecule has 3 aromatic carbocycles. The van der Waals surface area contributed by atoms with Crippen molar-refractivity contribution in [3.63, 3.8) is 0 Å². The van der Waals surface area contributed by atoms with Crippen LogP contribution >= 0.6 is 12.6 Å². The fourth-order valence-electron chi connectivity index (χ4n) is 2.95. The molecule has 0 aliphatic carbocycles. The summed E-state index contributed by atoms with van der Waals surface area (Å²) in [5.74, 6) is -0.697. The Hall–Kier alpha value is -2.72. The van der Waals surface area contributed by atoms with E-state index in [1.165, 1.54) is 5.56 Å². The second-order valence-electron chi connectivity index (χ2n) is 6.09. The third kappa shape index (κ3) is 4.27. The summed E-state index contributed by atoms with van der Waals surface area (Å²) in [5, 5.41) is 12.7. The fourth-order valence-corrected chi connectivity index (χ4v) is 3.20. The van der Waals surface area contributed by atoms with Crippen molar-refractivity contribution in [3.8, 4) is 11.1 Å². The summed E-state index contributed by atoms with van der Waals surface area (Å²) in [6, 6.07) is 25.5. The summed E-state index contributed by atoms with van der Waals surface area (Å²) in [5.41, 5.74) is 5.13. The molecular weight excluding hydrogens is 342 g/mol. The highest BCUT2D eigenvalue weighted by Crippen LogP contribution is 2.33. The molecule has 0 amide bonds. The molecule has 0 aliphatic heterocycles. The minimum atomic E-state index is -0.909. The molecule has 0 fully saturated rings. The number of aliphatic carboxylic acids is 1. The Kier molecular flexibility index (Phi) is 5.97. The lowest BCUT2D eigenvalue weighted by atomic mass is 9.95. The van der Waals surface area contributed by atoms with Gasteiger partial charge in [-0.2, -0.15) is 12.6 Å². The molecule has 0 saturated carbocycles. The lowest BCUT2D eigenvalue weighted by molar-refractivity contribution is -0.137. The van der Waals surface area contributed by atoms with E-state index in [2.05, 4.69) is 30.1 Å². The Balaban J connectivity index is 2.07. The summed E-state index contributed by atoms with van der Waals surface area (Å²) in [6.07, 6.45) is 0.725. The minimum Gasteiger partial charge on any atom is -0.480 e. The largest absolute Gasteiger partial charge is 0.480 e. The van der Waals surface area contributed by atoms with Gasteiger partial charge >= 0.3 is 5.97 Å². The molecule has 132 valence electrons. The van der Waals surface area contributed by atoms with Gasteiger partial charge in [0.25, 0.3) is 0 Å². The maximum Gasteiger partial charge on any atom is 0.326 e. The van der Waals surface area contributed by atoms with E-state index in [0.717, 1.165) is 28.8 Å². The van der Waals surface area contributed by atoms with E-state index in [-0.39, 0.29) is 5.75 Å². The van der Waals surface area contributed by atoms with E-state index in [1.807, 2.05) is 66.7 Å². The van der Waals surface area contributed by atoms with Crippen molar-refractivity contribution >= 4 is 24.3 Å². The number of para-hydroxylation sites is 1. The monoisotopic (exact) mass is 363 g/mol. The normalized spacial score (nSPS) is 11.7. The van der Waals surface area contributed by atoms with Gasteiger partial charge in [-0.3, -0.25) is 0 Å². The highest BCUT2D eigenvalue weighted by atomic mass is 32.1. The predicted octanol–water partition coefficient (Wildman–Crippen LogP) is 4.74. The van der Waals surface area contributed by atoms with Crippen molar-refractivity contribution in [2.45, 2.75) is 12.5 Å². The van der Waals surface area contributed by atoms with Crippen LogP contribution in [0.25, 0.3) is 11.1 Å². The van der Waals surface area contributed by atoms with E-state index in [1.54, 1.807) is 0 Å². The quantitative estimate of drug-likeness (QED) is 0.532. The average Bonchev–Trinajstić information content (AvgIpc) is 2.68. The molecular formula is C22H21NO2S. The van der Waals surface area contributed by atoms with E-state index < -0.39 is 12.0 Å². The molecule has 1 unspecified atom stereocenters. The van der Waals surface area contributed by atoms with Crippen LogP contribution in [0.2, 0.25) is 0 Å². The Morgan fingerprint density at radius 3 is 2.19 bits per heavy atom. The van der Waals surface area contributed by atoms with Gasteiger partial charge in [-0.1, -0.05) is 78.9 Å². The highest BCUT2D eigenvalue weighted by Gasteiger charge is 2.19. The van der Waals surface area contributed by atoms with Crippen LogP contribution in [0.1, 0.15) is 11.1 Å². The van der Waals surface area contributed by atoms with E-state index in [0.29, 0.717) is 0 Å². The summed E-state index contributed by atoms with van der Waals surface area (Å²) >= 11 is 4.20. The number of carboxylic acids is 1. The van der Waals surface area contributed by atoms with E-state index >= 15 is 0 Å². The van der Waals surface area contributed by atoms with Crippen LogP contribution in [-0.4, -0.2) is 22.9 Å². The Morgan fingerprint density at radius 2 is 1.58 bits per heavy atom. The first-order valence-corrected chi connectivity index (χ1v) is 9.13. The third-order valence-electron chi connectivity index (χ3n) is 4.27. The summed E-state index contributed by atoms with van der Waals surface area (Å²) in [7, 11) is 0. The van der Waals surface area contributed by atoms with Gasteiger partial charge in [-0.15, -0.1) is 0 Å². The summed E-state index contributed by atoms with van der Waals surface area (Å²) in [6.45, 7) is 0. The van der Waals surface area contributed by atoms with Gasteiger partial charge in [0.1, 0.15) is 6.04 Å². The molecule has 1 atom stereocenters. The topological polar surface area (TPSA) is 49.3 Å². The Labute approximate surface area is 159 Å². The molecule has 3 aromatic rings. The number of hydrogen-bond acceptors (Lipinski definition) is 3. The Bertz CT molecular complexity index is 866. The van der Waals surface area contributed by atoms with Crippen LogP contribution in [0.15, 0.2) is 78.9 Å². The minimum absolute atomic E-state index is 0.212. The molecule has 2 N–H and O–H groups in total. The number of carbonyl (C=O) groups is 1. The number of thiol groups is 1.